The molecule has 0 radical (unpaired) electrons. The van der Waals surface area contributed by atoms with Gasteiger partial charge >= 0.3 is 12.0 Å². The van der Waals surface area contributed by atoms with Gasteiger partial charge in [0.1, 0.15) is 5.82 Å². The van der Waals surface area contributed by atoms with Crippen LogP contribution in [0.4, 0.5) is 14.9 Å². The van der Waals surface area contributed by atoms with Gasteiger partial charge in [-0.1, -0.05) is 0 Å². The third-order valence-corrected chi connectivity index (χ3v) is 3.08. The van der Waals surface area contributed by atoms with Crippen molar-refractivity contribution in [3.8, 4) is 0 Å². The Morgan fingerprint density at radius 2 is 2.16 bits per heavy atom. The summed E-state index contributed by atoms with van der Waals surface area (Å²) in [5.41, 5.74) is -0.224. The van der Waals surface area contributed by atoms with Crippen molar-refractivity contribution in [2.45, 2.75) is 13.0 Å². The van der Waals surface area contributed by atoms with E-state index in [1.54, 1.807) is 11.8 Å². The molecule has 1 atom stereocenters. The highest BCUT2D eigenvalue weighted by molar-refractivity contribution is 7.98. The van der Waals surface area contributed by atoms with Crippen molar-refractivity contribution in [1.82, 2.24) is 5.32 Å². The molecule has 2 amide bonds. The Bertz CT molecular complexity index is 482. The molecule has 0 heterocycles. The molecule has 104 valence electrons. The average Bonchev–Trinajstić information content (AvgIpc) is 2.28. The Morgan fingerprint density at radius 1 is 1.47 bits per heavy atom. The number of aromatic carboxylic acids is 1. The Morgan fingerprint density at radius 3 is 2.68 bits per heavy atom. The molecule has 0 aliphatic heterocycles. The molecule has 19 heavy (non-hydrogen) atoms. The normalized spacial score (nSPS) is 11.7. The molecule has 0 spiro atoms. The number of benzene rings is 1. The fraction of sp³-hybridized carbons (Fsp3) is 0.333. The predicted octanol–water partition coefficient (Wildman–Crippen LogP) is 2.40. The highest BCUT2D eigenvalue weighted by Crippen LogP contribution is 2.14. The van der Waals surface area contributed by atoms with Crippen LogP contribution < -0.4 is 10.6 Å². The first-order valence-corrected chi connectivity index (χ1v) is 6.92. The zero-order valence-electron chi connectivity index (χ0n) is 10.6. The highest BCUT2D eigenvalue weighted by atomic mass is 32.2. The van der Waals surface area contributed by atoms with Gasteiger partial charge in [-0.3, -0.25) is 0 Å². The molecule has 0 saturated heterocycles. The Labute approximate surface area is 114 Å². The van der Waals surface area contributed by atoms with Crippen LogP contribution in [-0.2, 0) is 0 Å². The molecule has 0 fully saturated rings. The van der Waals surface area contributed by atoms with E-state index in [2.05, 4.69) is 10.6 Å². The summed E-state index contributed by atoms with van der Waals surface area (Å²) in [6.45, 7) is 1.85. The Hall–Kier alpha value is -1.76. The van der Waals surface area contributed by atoms with Crippen molar-refractivity contribution < 1.29 is 19.1 Å². The van der Waals surface area contributed by atoms with Gasteiger partial charge in [-0.25, -0.2) is 14.0 Å². The van der Waals surface area contributed by atoms with E-state index >= 15 is 0 Å². The second-order valence-corrected chi connectivity index (χ2v) is 4.87. The fourth-order valence-corrected chi connectivity index (χ4v) is 2.03. The molecule has 1 rings (SSSR count). The summed E-state index contributed by atoms with van der Waals surface area (Å²) >= 11 is 1.60. The number of carbonyl (C=O) groups excluding carboxylic acids is 1. The van der Waals surface area contributed by atoms with Crippen molar-refractivity contribution in [1.29, 1.82) is 0 Å². The quantitative estimate of drug-likeness (QED) is 0.776. The van der Waals surface area contributed by atoms with E-state index in [1.165, 1.54) is 6.07 Å². The van der Waals surface area contributed by atoms with Crippen LogP contribution in [0, 0.1) is 5.82 Å². The molecule has 0 saturated carbocycles. The number of carboxylic acid groups (broad SMARTS) is 1. The summed E-state index contributed by atoms with van der Waals surface area (Å²) in [4.78, 5) is 22.2. The van der Waals surface area contributed by atoms with Gasteiger partial charge in [0, 0.05) is 17.5 Å². The number of thioether (sulfide) groups is 1. The molecule has 3 N–H and O–H groups in total. The molecule has 0 aliphatic carbocycles. The lowest BCUT2D eigenvalue weighted by Gasteiger charge is -2.13. The van der Waals surface area contributed by atoms with Crippen molar-refractivity contribution in [2.75, 3.05) is 17.3 Å². The van der Waals surface area contributed by atoms with E-state index in [-0.39, 0.29) is 11.7 Å². The first kappa shape index (κ1) is 15.3. The minimum absolute atomic E-state index is 0.0156. The van der Waals surface area contributed by atoms with Crippen LogP contribution in [-0.4, -0.2) is 35.2 Å². The first-order chi connectivity index (χ1) is 8.93. The van der Waals surface area contributed by atoms with E-state index in [9.17, 15) is 14.0 Å². The zero-order valence-corrected chi connectivity index (χ0v) is 11.4. The smallest absolute Gasteiger partial charge is 0.338 e. The van der Waals surface area contributed by atoms with Gasteiger partial charge in [0.05, 0.1) is 5.56 Å². The number of urea groups is 1. The average molecular weight is 286 g/mol. The van der Waals surface area contributed by atoms with Gasteiger partial charge < -0.3 is 15.7 Å². The van der Waals surface area contributed by atoms with Crippen LogP contribution in [0.1, 0.15) is 17.3 Å². The number of nitrogens with one attached hydrogen (secondary N) is 2. The lowest BCUT2D eigenvalue weighted by Crippen LogP contribution is -2.37. The number of rotatable bonds is 5. The minimum Gasteiger partial charge on any atom is -0.478 e. The number of anilines is 1. The van der Waals surface area contributed by atoms with E-state index in [0.717, 1.165) is 17.9 Å². The molecule has 1 aromatic rings. The number of halogens is 1. The van der Waals surface area contributed by atoms with Gasteiger partial charge in [-0.15, -0.1) is 0 Å². The van der Waals surface area contributed by atoms with Crippen LogP contribution in [0.5, 0.6) is 0 Å². The summed E-state index contributed by atoms with van der Waals surface area (Å²) in [7, 11) is 0. The van der Waals surface area contributed by atoms with E-state index in [1.807, 2.05) is 13.2 Å². The maximum absolute atomic E-state index is 13.4. The molecule has 0 bridgehead atoms. The number of hydrogen-bond donors (Lipinski definition) is 3. The van der Waals surface area contributed by atoms with Gasteiger partial charge in [0.15, 0.2) is 0 Å². The van der Waals surface area contributed by atoms with Gasteiger partial charge in [0.25, 0.3) is 0 Å². The summed E-state index contributed by atoms with van der Waals surface area (Å²) in [5, 5.41) is 13.8. The van der Waals surface area contributed by atoms with Gasteiger partial charge in [0.2, 0.25) is 0 Å². The molecular weight excluding hydrogens is 271 g/mol. The van der Waals surface area contributed by atoms with Crippen LogP contribution in [0.2, 0.25) is 0 Å². The second-order valence-electron chi connectivity index (χ2n) is 3.95. The first-order valence-electron chi connectivity index (χ1n) is 5.53. The van der Waals surface area contributed by atoms with Crippen LogP contribution >= 0.6 is 11.8 Å². The second kappa shape index (κ2) is 6.98. The van der Waals surface area contributed by atoms with Crippen molar-refractivity contribution in [2.24, 2.45) is 0 Å². The fourth-order valence-electron chi connectivity index (χ4n) is 1.45. The predicted molar refractivity (Wildman–Crippen MR) is 73.4 cm³/mol. The van der Waals surface area contributed by atoms with E-state index in [4.69, 9.17) is 5.11 Å². The van der Waals surface area contributed by atoms with Crippen LogP contribution in [0.15, 0.2) is 18.2 Å². The van der Waals surface area contributed by atoms with Gasteiger partial charge in [-0.2, -0.15) is 11.8 Å². The lowest BCUT2D eigenvalue weighted by molar-refractivity contribution is 0.0692. The molecular formula is C12H15FN2O3S. The Balaban J connectivity index is 2.65. The number of amides is 2. The summed E-state index contributed by atoms with van der Waals surface area (Å²) in [6, 6.07) is 2.95. The molecule has 1 aromatic carbocycles. The summed E-state index contributed by atoms with van der Waals surface area (Å²) < 4.78 is 13.4. The van der Waals surface area contributed by atoms with Crippen molar-refractivity contribution in [3.63, 3.8) is 0 Å². The highest BCUT2D eigenvalue weighted by Gasteiger charge is 2.12. The third-order valence-electron chi connectivity index (χ3n) is 2.25. The molecule has 0 aromatic heterocycles. The third kappa shape index (κ3) is 4.78. The number of carboxylic acids is 1. The summed E-state index contributed by atoms with van der Waals surface area (Å²) in [5.74, 6) is -1.47. The number of carbonyl (C=O) groups is 2. The number of hydrogen-bond acceptors (Lipinski definition) is 3. The molecule has 0 aliphatic rings. The monoisotopic (exact) mass is 286 g/mol. The van der Waals surface area contributed by atoms with Crippen LogP contribution in [0.25, 0.3) is 0 Å². The molecule has 1 unspecified atom stereocenters. The topological polar surface area (TPSA) is 78.4 Å². The minimum atomic E-state index is -1.35. The molecule has 5 nitrogen and oxygen atoms in total. The maximum Gasteiger partial charge on any atom is 0.338 e. The van der Waals surface area contributed by atoms with Crippen LogP contribution in [0.3, 0.4) is 0 Å². The van der Waals surface area contributed by atoms with Crippen molar-refractivity contribution in [3.05, 3.63) is 29.6 Å². The zero-order chi connectivity index (χ0) is 14.4. The largest absolute Gasteiger partial charge is 0.478 e. The maximum atomic E-state index is 13.4. The van der Waals surface area contributed by atoms with E-state index < -0.39 is 23.4 Å². The van der Waals surface area contributed by atoms with Gasteiger partial charge in [-0.05, 0) is 31.4 Å². The standard InChI is InChI=1S/C12H15FN2O3S/c1-7(6-19-2)14-12(18)15-8-3-4-9(11(16)17)10(13)5-8/h3-5,7H,6H2,1-2H3,(H,16,17)(H2,14,15,18). The summed E-state index contributed by atoms with van der Waals surface area (Å²) in [6.07, 6.45) is 1.93. The SMILES string of the molecule is CSCC(C)NC(=O)Nc1ccc(C(=O)O)c(F)c1. The Kier molecular flexibility index (Phi) is 5.62. The lowest BCUT2D eigenvalue weighted by atomic mass is 10.2. The molecule has 7 heteroatoms. The van der Waals surface area contributed by atoms with Crippen molar-refractivity contribution >= 4 is 29.4 Å². The van der Waals surface area contributed by atoms with E-state index in [0.29, 0.717) is 0 Å².